The number of hydrogen-bond acceptors (Lipinski definition) is 2. The van der Waals surface area contributed by atoms with E-state index < -0.39 is 17.7 Å². The molecule has 1 aliphatic rings. The monoisotopic (exact) mass is 354 g/mol. The van der Waals surface area contributed by atoms with Crippen LogP contribution in [-0.4, -0.2) is 6.03 Å². The molecule has 1 aliphatic heterocycles. The number of carbonyl (C=O) groups excluding carboxylic acids is 1. The topological polar surface area (TPSA) is 32.3 Å². The van der Waals surface area contributed by atoms with E-state index >= 15 is 0 Å². The molecule has 0 radical (unpaired) electrons. The van der Waals surface area contributed by atoms with E-state index in [9.17, 15) is 13.6 Å². The summed E-state index contributed by atoms with van der Waals surface area (Å²) in [6.45, 7) is 0. The molecule has 1 N–H and O–H groups in total. The van der Waals surface area contributed by atoms with Gasteiger partial charge in [0.2, 0.25) is 0 Å². The highest BCUT2D eigenvalue weighted by Crippen LogP contribution is 2.47. The Morgan fingerprint density at radius 2 is 1.36 bits per heavy atom. The van der Waals surface area contributed by atoms with Gasteiger partial charge >= 0.3 is 6.03 Å². The van der Waals surface area contributed by atoms with Gasteiger partial charge in [-0.3, -0.25) is 4.90 Å². The van der Waals surface area contributed by atoms with Crippen molar-refractivity contribution in [3.8, 4) is 0 Å². The number of nitrogens with zero attached hydrogens (tertiary/aromatic N) is 1. The van der Waals surface area contributed by atoms with Gasteiger partial charge in [-0.05, 0) is 36.4 Å². The molecule has 2 amide bonds. The van der Waals surface area contributed by atoms with Crippen LogP contribution in [-0.2, 0) is 0 Å². The highest BCUT2D eigenvalue weighted by Gasteiger charge is 2.28. The lowest BCUT2D eigenvalue weighted by Gasteiger charge is -2.31. The van der Waals surface area contributed by atoms with Crippen molar-refractivity contribution in [2.45, 2.75) is 9.79 Å². The summed E-state index contributed by atoms with van der Waals surface area (Å²) in [5.41, 5.74) is 1.51. The van der Waals surface area contributed by atoms with E-state index in [1.54, 1.807) is 11.8 Å². The number of benzene rings is 3. The number of para-hydroxylation sites is 2. The Balaban J connectivity index is 1.75. The molecule has 1 heterocycles. The summed E-state index contributed by atoms with van der Waals surface area (Å²) in [5, 5.41) is 2.57. The van der Waals surface area contributed by atoms with Gasteiger partial charge in [-0.2, -0.15) is 0 Å². The van der Waals surface area contributed by atoms with Crippen LogP contribution in [0.5, 0.6) is 0 Å². The molecule has 0 atom stereocenters. The fourth-order valence-corrected chi connectivity index (χ4v) is 3.79. The molecule has 0 fully saturated rings. The lowest BCUT2D eigenvalue weighted by atomic mass is 10.2. The Morgan fingerprint density at radius 1 is 0.840 bits per heavy atom. The normalized spacial score (nSPS) is 12.3. The zero-order valence-corrected chi connectivity index (χ0v) is 13.7. The van der Waals surface area contributed by atoms with Gasteiger partial charge in [0.15, 0.2) is 0 Å². The molecule has 6 heteroatoms. The summed E-state index contributed by atoms with van der Waals surface area (Å²) in [7, 11) is 0. The Labute approximate surface area is 147 Å². The van der Waals surface area contributed by atoms with Crippen molar-refractivity contribution >= 4 is 34.9 Å². The molecule has 0 spiro atoms. The van der Waals surface area contributed by atoms with Gasteiger partial charge in [-0.1, -0.05) is 36.0 Å². The van der Waals surface area contributed by atoms with Crippen LogP contribution in [0, 0.1) is 11.6 Å². The summed E-state index contributed by atoms with van der Waals surface area (Å²) in [6, 6.07) is 17.5. The molecule has 0 saturated carbocycles. The number of halogens is 2. The van der Waals surface area contributed by atoms with Gasteiger partial charge in [-0.15, -0.1) is 0 Å². The van der Waals surface area contributed by atoms with Crippen LogP contribution < -0.4 is 10.2 Å². The number of carbonyl (C=O) groups is 1. The third-order valence-electron chi connectivity index (χ3n) is 3.75. The van der Waals surface area contributed by atoms with Crippen LogP contribution >= 0.6 is 11.8 Å². The second kappa shape index (κ2) is 6.22. The minimum Gasteiger partial charge on any atom is -0.307 e. The molecule has 0 saturated heterocycles. The van der Waals surface area contributed by atoms with Crippen molar-refractivity contribution in [1.82, 2.24) is 0 Å². The van der Waals surface area contributed by atoms with Gasteiger partial charge in [0.05, 0.1) is 11.4 Å². The molecule has 124 valence electrons. The number of anilines is 3. The fraction of sp³-hybridized carbons (Fsp3) is 0. The average Bonchev–Trinajstić information content (AvgIpc) is 2.58. The maximum Gasteiger partial charge on any atom is 0.331 e. The quantitative estimate of drug-likeness (QED) is 0.599. The largest absolute Gasteiger partial charge is 0.331 e. The van der Waals surface area contributed by atoms with Crippen molar-refractivity contribution in [2.24, 2.45) is 0 Å². The summed E-state index contributed by atoms with van der Waals surface area (Å²) in [5.74, 6) is -1.49. The summed E-state index contributed by atoms with van der Waals surface area (Å²) < 4.78 is 26.8. The Bertz CT molecular complexity index is 911. The van der Waals surface area contributed by atoms with Crippen LogP contribution in [0.25, 0.3) is 0 Å². The number of nitrogens with one attached hydrogen (secondary N) is 1. The summed E-state index contributed by atoms with van der Waals surface area (Å²) in [6.07, 6.45) is 0. The maximum atomic E-state index is 13.4. The first-order chi connectivity index (χ1) is 12.1. The molecule has 0 aromatic heterocycles. The lowest BCUT2D eigenvalue weighted by Crippen LogP contribution is -2.32. The molecular weight excluding hydrogens is 342 g/mol. The predicted molar refractivity (Wildman–Crippen MR) is 94.5 cm³/mol. The van der Waals surface area contributed by atoms with Crippen molar-refractivity contribution in [3.05, 3.63) is 78.4 Å². The summed E-state index contributed by atoms with van der Waals surface area (Å²) >= 11 is 1.57. The van der Waals surface area contributed by atoms with Crippen molar-refractivity contribution < 1.29 is 13.6 Å². The molecule has 3 aromatic rings. The first-order valence-electron chi connectivity index (χ1n) is 7.55. The van der Waals surface area contributed by atoms with Gasteiger partial charge in [0.25, 0.3) is 0 Å². The number of amides is 2. The molecule has 4 rings (SSSR count). The second-order valence-electron chi connectivity index (χ2n) is 5.46. The average molecular weight is 354 g/mol. The first kappa shape index (κ1) is 15.7. The minimum absolute atomic E-state index is 0.0655. The molecule has 0 aliphatic carbocycles. The van der Waals surface area contributed by atoms with E-state index in [0.717, 1.165) is 39.4 Å². The molecule has 3 aromatic carbocycles. The van der Waals surface area contributed by atoms with E-state index in [1.165, 1.54) is 4.90 Å². The van der Waals surface area contributed by atoms with Crippen LogP contribution in [0.2, 0.25) is 0 Å². The molecular formula is C19H12F2N2OS. The predicted octanol–water partition coefficient (Wildman–Crippen LogP) is 5.80. The van der Waals surface area contributed by atoms with Gasteiger partial charge < -0.3 is 5.32 Å². The molecule has 0 bridgehead atoms. The van der Waals surface area contributed by atoms with Crippen molar-refractivity contribution in [3.63, 3.8) is 0 Å². The number of rotatable bonds is 1. The molecule has 3 nitrogen and oxygen atoms in total. The Morgan fingerprint density at radius 3 is 1.92 bits per heavy atom. The van der Waals surface area contributed by atoms with Gasteiger partial charge in [-0.25, -0.2) is 13.6 Å². The summed E-state index contributed by atoms with van der Waals surface area (Å²) in [4.78, 5) is 16.3. The van der Waals surface area contributed by atoms with Crippen molar-refractivity contribution in [2.75, 3.05) is 10.2 Å². The van der Waals surface area contributed by atoms with Crippen LogP contribution in [0.4, 0.5) is 30.6 Å². The fourth-order valence-electron chi connectivity index (χ4n) is 2.73. The molecule has 25 heavy (non-hydrogen) atoms. The highest BCUT2D eigenvalue weighted by molar-refractivity contribution is 7.99. The first-order valence-corrected chi connectivity index (χ1v) is 8.36. The third-order valence-corrected chi connectivity index (χ3v) is 4.88. The zero-order chi connectivity index (χ0) is 17.4. The smallest absolute Gasteiger partial charge is 0.307 e. The molecule has 0 unspecified atom stereocenters. The minimum atomic E-state index is -0.745. The standard InChI is InChI=1S/C19H12F2N2OS/c20-12-9-13(21)11-14(10-12)22-19(24)23-15-5-1-3-7-17(15)25-18-8-4-2-6-16(18)23/h1-11H,(H,22,24). The van der Waals surface area contributed by atoms with E-state index in [-0.39, 0.29) is 5.69 Å². The van der Waals surface area contributed by atoms with E-state index in [1.807, 2.05) is 48.5 Å². The number of hydrogen-bond donors (Lipinski definition) is 1. The van der Waals surface area contributed by atoms with Crippen molar-refractivity contribution in [1.29, 1.82) is 0 Å². The zero-order valence-electron chi connectivity index (χ0n) is 12.9. The van der Waals surface area contributed by atoms with Gasteiger partial charge in [0.1, 0.15) is 11.6 Å². The SMILES string of the molecule is O=C(Nc1cc(F)cc(F)c1)N1c2ccccc2Sc2ccccc21. The third kappa shape index (κ3) is 2.96. The van der Waals surface area contributed by atoms with Crippen LogP contribution in [0.15, 0.2) is 76.5 Å². The van der Waals surface area contributed by atoms with Crippen LogP contribution in [0.1, 0.15) is 0 Å². The van der Waals surface area contributed by atoms with E-state index in [0.29, 0.717) is 0 Å². The second-order valence-corrected chi connectivity index (χ2v) is 6.54. The van der Waals surface area contributed by atoms with E-state index in [2.05, 4.69) is 5.32 Å². The number of urea groups is 1. The maximum absolute atomic E-state index is 13.4. The number of fused-ring (bicyclic) bond motifs is 2. The van der Waals surface area contributed by atoms with E-state index in [4.69, 9.17) is 0 Å². The van der Waals surface area contributed by atoms with Crippen LogP contribution in [0.3, 0.4) is 0 Å². The Kier molecular flexibility index (Phi) is 3.89. The van der Waals surface area contributed by atoms with Gasteiger partial charge in [0, 0.05) is 21.5 Å². The highest BCUT2D eigenvalue weighted by atomic mass is 32.2. The lowest BCUT2D eigenvalue weighted by molar-refractivity contribution is 0.259. The Hall–Kier alpha value is -2.86.